The summed E-state index contributed by atoms with van der Waals surface area (Å²) in [6.07, 6.45) is -5.10. The summed E-state index contributed by atoms with van der Waals surface area (Å²) < 4.78 is 31.8. The number of ether oxygens (including phenoxy) is 1. The lowest BCUT2D eigenvalue weighted by molar-refractivity contribution is -0.0592. The number of nitrogens with one attached hydrogen (secondary N) is 1. The molecule has 7 heteroatoms. The molecule has 0 spiro atoms. The fourth-order valence-electron chi connectivity index (χ4n) is 2.92. The largest absolute Gasteiger partial charge is 0.444 e. The second-order valence-corrected chi connectivity index (χ2v) is 7.43. The highest BCUT2D eigenvalue weighted by molar-refractivity contribution is 5.68. The first-order chi connectivity index (χ1) is 11.6. The van der Waals surface area contributed by atoms with Gasteiger partial charge in [0, 0.05) is 19.6 Å². The maximum Gasteiger partial charge on any atom is 0.410 e. The minimum absolute atomic E-state index is 0.0275. The molecule has 5 nitrogen and oxygen atoms in total. The smallest absolute Gasteiger partial charge is 0.410 e. The first-order valence-electron chi connectivity index (χ1n) is 8.36. The molecule has 1 aromatic carbocycles. The number of nitrogens with zero attached hydrogens (tertiary/aromatic N) is 1. The third-order valence-electron chi connectivity index (χ3n) is 4.24. The average molecular weight is 356 g/mol. The van der Waals surface area contributed by atoms with Crippen LogP contribution in [-0.2, 0) is 11.3 Å². The van der Waals surface area contributed by atoms with Crippen LogP contribution in [0.25, 0.3) is 0 Å². The number of hydrogen-bond acceptors (Lipinski definition) is 4. The van der Waals surface area contributed by atoms with E-state index in [1.165, 1.54) is 4.90 Å². The van der Waals surface area contributed by atoms with Crippen molar-refractivity contribution in [2.75, 3.05) is 13.1 Å². The Morgan fingerprint density at radius 3 is 2.56 bits per heavy atom. The second kappa shape index (κ2) is 7.66. The number of amides is 1. The molecular weight excluding hydrogens is 330 g/mol. The Labute approximate surface area is 147 Å². The van der Waals surface area contributed by atoms with Crippen LogP contribution in [0.4, 0.5) is 13.6 Å². The number of halogens is 2. The minimum Gasteiger partial charge on any atom is -0.444 e. The second-order valence-electron chi connectivity index (χ2n) is 7.43. The highest BCUT2D eigenvalue weighted by Crippen LogP contribution is 2.30. The standard InChI is InChI=1S/C18H26F2N2O3/c1-17(2,3)25-16(24)22-10-9-18(12-22,14(23)15(19)20)21-11-13-7-5-4-6-8-13/h4-8,14-15,21,23H,9-12H2,1-3H3/t14-,18-/m1/s1. The highest BCUT2D eigenvalue weighted by Gasteiger charge is 2.49. The van der Waals surface area contributed by atoms with E-state index in [-0.39, 0.29) is 19.5 Å². The molecule has 0 radical (unpaired) electrons. The topological polar surface area (TPSA) is 61.8 Å². The Morgan fingerprint density at radius 2 is 2.00 bits per heavy atom. The lowest BCUT2D eigenvalue weighted by Gasteiger charge is -2.35. The van der Waals surface area contributed by atoms with Gasteiger partial charge in [0.15, 0.2) is 0 Å². The number of likely N-dealkylation sites (tertiary alicyclic amines) is 1. The SMILES string of the molecule is CC(C)(C)OC(=O)N1CC[C@](NCc2ccccc2)([C@H](O)C(F)F)C1. The van der Waals surface area contributed by atoms with E-state index in [4.69, 9.17) is 4.74 Å². The molecule has 1 aromatic rings. The molecule has 1 fully saturated rings. The maximum absolute atomic E-state index is 13.2. The minimum atomic E-state index is -2.90. The quantitative estimate of drug-likeness (QED) is 0.852. The van der Waals surface area contributed by atoms with Gasteiger partial charge in [-0.15, -0.1) is 0 Å². The van der Waals surface area contributed by atoms with Crippen LogP contribution in [0.5, 0.6) is 0 Å². The van der Waals surface area contributed by atoms with Gasteiger partial charge in [-0.1, -0.05) is 30.3 Å². The summed E-state index contributed by atoms with van der Waals surface area (Å²) in [6.45, 7) is 5.79. The van der Waals surface area contributed by atoms with Crippen LogP contribution in [0.1, 0.15) is 32.8 Å². The predicted octanol–water partition coefficient (Wildman–Crippen LogP) is 2.78. The number of carbonyl (C=O) groups excluding carboxylic acids is 1. The van der Waals surface area contributed by atoms with Crippen LogP contribution in [0.3, 0.4) is 0 Å². The van der Waals surface area contributed by atoms with E-state index in [0.29, 0.717) is 6.54 Å². The normalized spacial score (nSPS) is 22.3. The molecule has 1 heterocycles. The summed E-state index contributed by atoms with van der Waals surface area (Å²) in [5, 5.41) is 13.2. The Kier molecular flexibility index (Phi) is 6.00. The van der Waals surface area contributed by atoms with Crippen molar-refractivity contribution in [2.45, 2.75) is 57.4 Å². The monoisotopic (exact) mass is 356 g/mol. The fraction of sp³-hybridized carbons (Fsp3) is 0.611. The average Bonchev–Trinajstić information content (AvgIpc) is 2.97. The summed E-state index contributed by atoms with van der Waals surface area (Å²) >= 11 is 0. The van der Waals surface area contributed by atoms with Gasteiger partial charge >= 0.3 is 6.09 Å². The van der Waals surface area contributed by atoms with Crippen molar-refractivity contribution in [3.05, 3.63) is 35.9 Å². The maximum atomic E-state index is 13.2. The van der Waals surface area contributed by atoms with Gasteiger partial charge in [0.25, 0.3) is 6.43 Å². The van der Waals surface area contributed by atoms with Crippen molar-refractivity contribution in [1.82, 2.24) is 10.2 Å². The molecule has 0 aliphatic carbocycles. The molecule has 2 N–H and O–H groups in total. The van der Waals surface area contributed by atoms with E-state index in [9.17, 15) is 18.7 Å². The Morgan fingerprint density at radius 1 is 1.36 bits per heavy atom. The van der Waals surface area contributed by atoms with E-state index < -0.39 is 29.8 Å². The lowest BCUT2D eigenvalue weighted by atomic mass is 9.91. The van der Waals surface area contributed by atoms with Crippen molar-refractivity contribution in [2.24, 2.45) is 0 Å². The number of rotatable bonds is 5. The molecule has 140 valence electrons. The zero-order valence-electron chi connectivity index (χ0n) is 14.8. The van der Waals surface area contributed by atoms with Crippen molar-refractivity contribution in [3.63, 3.8) is 0 Å². The number of carbonyl (C=O) groups is 1. The van der Waals surface area contributed by atoms with Crippen LogP contribution in [0.2, 0.25) is 0 Å². The van der Waals surface area contributed by atoms with Gasteiger partial charge in [-0.25, -0.2) is 13.6 Å². The molecule has 1 amide bonds. The molecule has 0 bridgehead atoms. The number of aliphatic hydroxyl groups excluding tert-OH is 1. The van der Waals surface area contributed by atoms with Crippen LogP contribution in [0.15, 0.2) is 30.3 Å². The fourth-order valence-corrected chi connectivity index (χ4v) is 2.92. The van der Waals surface area contributed by atoms with Crippen LogP contribution < -0.4 is 5.32 Å². The van der Waals surface area contributed by atoms with Gasteiger partial charge in [-0.3, -0.25) is 0 Å². The van der Waals surface area contributed by atoms with Crippen molar-refractivity contribution < 1.29 is 23.4 Å². The first kappa shape index (κ1) is 19.6. The number of aliphatic hydroxyl groups is 1. The number of hydrogen-bond donors (Lipinski definition) is 2. The van der Waals surface area contributed by atoms with E-state index in [2.05, 4.69) is 5.32 Å². The van der Waals surface area contributed by atoms with Gasteiger partial charge < -0.3 is 20.1 Å². The zero-order valence-corrected chi connectivity index (χ0v) is 14.8. The van der Waals surface area contributed by atoms with Crippen LogP contribution in [0, 0.1) is 0 Å². The van der Waals surface area contributed by atoms with Crippen molar-refractivity contribution >= 4 is 6.09 Å². The van der Waals surface area contributed by atoms with Gasteiger partial charge in [-0.05, 0) is 32.8 Å². The van der Waals surface area contributed by atoms with Gasteiger partial charge in [0.1, 0.15) is 11.7 Å². The molecule has 1 aliphatic heterocycles. The van der Waals surface area contributed by atoms with E-state index in [1.807, 2.05) is 30.3 Å². The molecule has 1 saturated heterocycles. The third-order valence-corrected chi connectivity index (χ3v) is 4.24. The zero-order chi connectivity index (χ0) is 18.7. The van der Waals surface area contributed by atoms with E-state index in [1.54, 1.807) is 20.8 Å². The summed E-state index contributed by atoms with van der Waals surface area (Å²) in [4.78, 5) is 13.6. The van der Waals surface area contributed by atoms with Gasteiger partial charge in [-0.2, -0.15) is 0 Å². The third kappa shape index (κ3) is 5.12. The predicted molar refractivity (Wildman–Crippen MR) is 90.4 cm³/mol. The van der Waals surface area contributed by atoms with E-state index >= 15 is 0 Å². The summed E-state index contributed by atoms with van der Waals surface area (Å²) in [6, 6.07) is 9.32. The highest BCUT2D eigenvalue weighted by atomic mass is 19.3. The van der Waals surface area contributed by atoms with E-state index in [0.717, 1.165) is 5.56 Å². The Bertz CT molecular complexity index is 577. The van der Waals surface area contributed by atoms with Crippen LogP contribution >= 0.6 is 0 Å². The molecular formula is C18H26F2N2O3. The Balaban J connectivity index is 2.10. The summed E-state index contributed by atoms with van der Waals surface area (Å²) in [7, 11) is 0. The van der Waals surface area contributed by atoms with Gasteiger partial charge in [0.2, 0.25) is 0 Å². The molecule has 2 atom stereocenters. The summed E-state index contributed by atoms with van der Waals surface area (Å²) in [5.74, 6) is 0. The lowest BCUT2D eigenvalue weighted by Crippen LogP contribution is -2.59. The van der Waals surface area contributed by atoms with Crippen LogP contribution in [-0.4, -0.2) is 52.9 Å². The van der Waals surface area contributed by atoms with Crippen molar-refractivity contribution in [1.29, 1.82) is 0 Å². The first-order valence-corrected chi connectivity index (χ1v) is 8.36. The van der Waals surface area contributed by atoms with Gasteiger partial charge in [0.05, 0.1) is 5.54 Å². The molecule has 25 heavy (non-hydrogen) atoms. The molecule has 2 rings (SSSR count). The van der Waals surface area contributed by atoms with Crippen molar-refractivity contribution in [3.8, 4) is 0 Å². The Hall–Kier alpha value is -1.73. The summed E-state index contributed by atoms with van der Waals surface area (Å²) in [5.41, 5.74) is -1.01. The molecule has 1 aliphatic rings. The number of benzene rings is 1. The molecule has 0 aromatic heterocycles. The number of alkyl halides is 2. The molecule has 0 unspecified atom stereocenters. The molecule has 0 saturated carbocycles.